The van der Waals surface area contributed by atoms with Gasteiger partial charge in [-0.2, -0.15) is 0 Å². The maximum absolute atomic E-state index is 12.7. The minimum absolute atomic E-state index is 0.0819. The predicted molar refractivity (Wildman–Crippen MR) is 90.0 cm³/mol. The number of ether oxygens (including phenoxy) is 1. The molecule has 0 radical (unpaired) electrons. The van der Waals surface area contributed by atoms with Gasteiger partial charge in [0.1, 0.15) is 0 Å². The van der Waals surface area contributed by atoms with Gasteiger partial charge in [0.05, 0.1) is 5.69 Å². The molecule has 0 saturated heterocycles. The summed E-state index contributed by atoms with van der Waals surface area (Å²) in [6.45, 7) is 4.81. The first-order chi connectivity index (χ1) is 10.8. The summed E-state index contributed by atoms with van der Waals surface area (Å²) >= 11 is 0. The highest BCUT2D eigenvalue weighted by molar-refractivity contribution is 5.59. The van der Waals surface area contributed by atoms with Gasteiger partial charge in [-0.3, -0.25) is 4.79 Å². The van der Waals surface area contributed by atoms with Crippen molar-refractivity contribution in [3.63, 3.8) is 0 Å². The number of hydrogen-bond donors (Lipinski definition) is 1. The van der Waals surface area contributed by atoms with Crippen LogP contribution in [0.4, 0.5) is 0 Å². The molecule has 1 heterocycles. The molecule has 1 aromatic heterocycles. The molecular formula is C18H24N2O2. The number of methoxy groups -OCH3 is 1. The van der Waals surface area contributed by atoms with Gasteiger partial charge in [0.15, 0.2) is 0 Å². The summed E-state index contributed by atoms with van der Waals surface area (Å²) in [6.07, 6.45) is 0.820. The number of benzene rings is 1. The number of pyridine rings is 1. The summed E-state index contributed by atoms with van der Waals surface area (Å²) in [4.78, 5) is 12.7. The van der Waals surface area contributed by atoms with Crippen LogP contribution in [0.3, 0.4) is 0 Å². The van der Waals surface area contributed by atoms with Crippen LogP contribution in [0.1, 0.15) is 18.9 Å². The first kappa shape index (κ1) is 16.5. The summed E-state index contributed by atoms with van der Waals surface area (Å²) < 4.78 is 6.98. The molecule has 4 nitrogen and oxygen atoms in total. The van der Waals surface area contributed by atoms with Gasteiger partial charge in [0, 0.05) is 32.4 Å². The Morgan fingerprint density at radius 3 is 2.59 bits per heavy atom. The monoisotopic (exact) mass is 300 g/mol. The third-order valence-electron chi connectivity index (χ3n) is 3.62. The quantitative estimate of drug-likeness (QED) is 0.762. The molecule has 0 saturated carbocycles. The second-order valence-corrected chi connectivity index (χ2v) is 5.19. The average molecular weight is 300 g/mol. The lowest BCUT2D eigenvalue weighted by atomic mass is 10.1. The fourth-order valence-corrected chi connectivity index (χ4v) is 2.47. The van der Waals surface area contributed by atoms with Crippen LogP contribution in [0.25, 0.3) is 11.3 Å². The maximum Gasteiger partial charge on any atom is 0.255 e. The van der Waals surface area contributed by atoms with Crippen molar-refractivity contribution in [1.29, 1.82) is 0 Å². The normalized spacial score (nSPS) is 10.8. The molecule has 1 N–H and O–H groups in total. The molecule has 0 spiro atoms. The molecule has 1 aromatic carbocycles. The van der Waals surface area contributed by atoms with E-state index in [9.17, 15) is 4.79 Å². The van der Waals surface area contributed by atoms with Crippen molar-refractivity contribution in [3.05, 3.63) is 58.4 Å². The first-order valence-electron chi connectivity index (χ1n) is 7.75. The molecule has 0 atom stereocenters. The number of aromatic nitrogens is 1. The number of nitrogens with zero attached hydrogens (tertiary/aromatic N) is 1. The molecule has 0 bridgehead atoms. The predicted octanol–water partition coefficient (Wildman–Crippen LogP) is 2.66. The Bertz CT molecular complexity index is 635. The number of hydrogen-bond acceptors (Lipinski definition) is 3. The molecule has 0 amide bonds. The standard InChI is InChI=1S/C18H24N2O2/c1-3-19-14-16-10-11-17(15-8-5-4-6-9-15)20(18(16)21)12-7-13-22-2/h4-6,8-11,19H,3,7,12-14H2,1-2H3. The maximum atomic E-state index is 12.7. The van der Waals surface area contributed by atoms with Gasteiger partial charge in [-0.05, 0) is 24.6 Å². The SMILES string of the molecule is CCNCc1ccc(-c2ccccc2)n(CCCOC)c1=O. The van der Waals surface area contributed by atoms with Gasteiger partial charge in [-0.25, -0.2) is 0 Å². The van der Waals surface area contributed by atoms with E-state index in [-0.39, 0.29) is 5.56 Å². The lowest BCUT2D eigenvalue weighted by molar-refractivity contribution is 0.190. The minimum atomic E-state index is 0.0819. The first-order valence-corrected chi connectivity index (χ1v) is 7.75. The zero-order chi connectivity index (χ0) is 15.8. The van der Waals surface area contributed by atoms with Crippen molar-refractivity contribution in [3.8, 4) is 11.3 Å². The van der Waals surface area contributed by atoms with E-state index in [1.807, 2.05) is 54.0 Å². The summed E-state index contributed by atoms with van der Waals surface area (Å²) in [6, 6.07) is 14.0. The third kappa shape index (κ3) is 4.06. The third-order valence-corrected chi connectivity index (χ3v) is 3.62. The molecule has 0 aliphatic carbocycles. The van der Waals surface area contributed by atoms with E-state index < -0.39 is 0 Å². The van der Waals surface area contributed by atoms with E-state index in [1.165, 1.54) is 0 Å². The fraction of sp³-hybridized carbons (Fsp3) is 0.389. The van der Waals surface area contributed by atoms with Crippen LogP contribution >= 0.6 is 0 Å². The Hall–Kier alpha value is -1.91. The smallest absolute Gasteiger partial charge is 0.255 e. The van der Waals surface area contributed by atoms with Crippen molar-refractivity contribution in [1.82, 2.24) is 9.88 Å². The van der Waals surface area contributed by atoms with Crippen LogP contribution in [-0.4, -0.2) is 24.8 Å². The van der Waals surface area contributed by atoms with Crippen LogP contribution in [0.2, 0.25) is 0 Å². The van der Waals surface area contributed by atoms with E-state index in [4.69, 9.17) is 4.74 Å². The van der Waals surface area contributed by atoms with Crippen molar-refractivity contribution in [2.75, 3.05) is 20.3 Å². The van der Waals surface area contributed by atoms with Gasteiger partial charge in [-0.1, -0.05) is 43.3 Å². The average Bonchev–Trinajstić information content (AvgIpc) is 2.56. The van der Waals surface area contributed by atoms with E-state index in [0.29, 0.717) is 19.7 Å². The van der Waals surface area contributed by atoms with Crippen molar-refractivity contribution in [2.45, 2.75) is 26.4 Å². The topological polar surface area (TPSA) is 43.3 Å². The molecule has 2 aromatic rings. The molecular weight excluding hydrogens is 276 g/mol. The Morgan fingerprint density at radius 1 is 1.14 bits per heavy atom. The van der Waals surface area contributed by atoms with Crippen molar-refractivity contribution >= 4 is 0 Å². The second-order valence-electron chi connectivity index (χ2n) is 5.19. The van der Waals surface area contributed by atoms with Crippen LogP contribution in [0, 0.1) is 0 Å². The van der Waals surface area contributed by atoms with Gasteiger partial charge in [0.25, 0.3) is 5.56 Å². The molecule has 118 valence electrons. The Balaban J connectivity index is 2.39. The number of rotatable bonds is 8. The fourth-order valence-electron chi connectivity index (χ4n) is 2.47. The highest BCUT2D eigenvalue weighted by Gasteiger charge is 2.10. The summed E-state index contributed by atoms with van der Waals surface area (Å²) in [5, 5.41) is 3.22. The lowest BCUT2D eigenvalue weighted by Crippen LogP contribution is -2.28. The molecule has 22 heavy (non-hydrogen) atoms. The molecule has 0 unspecified atom stereocenters. The van der Waals surface area contributed by atoms with Crippen LogP contribution < -0.4 is 10.9 Å². The van der Waals surface area contributed by atoms with E-state index in [0.717, 1.165) is 29.8 Å². The largest absolute Gasteiger partial charge is 0.385 e. The van der Waals surface area contributed by atoms with Crippen LogP contribution in [-0.2, 0) is 17.8 Å². The Labute approximate surface area is 131 Å². The molecule has 0 aliphatic rings. The van der Waals surface area contributed by atoms with Crippen LogP contribution in [0.5, 0.6) is 0 Å². The molecule has 2 rings (SSSR count). The summed E-state index contributed by atoms with van der Waals surface area (Å²) in [5.41, 5.74) is 2.91. The lowest BCUT2D eigenvalue weighted by Gasteiger charge is -2.15. The van der Waals surface area contributed by atoms with Crippen molar-refractivity contribution < 1.29 is 4.74 Å². The highest BCUT2D eigenvalue weighted by atomic mass is 16.5. The molecule has 0 fully saturated rings. The van der Waals surface area contributed by atoms with Gasteiger partial charge < -0.3 is 14.6 Å². The Kier molecular flexibility index (Phi) is 6.37. The number of nitrogens with one attached hydrogen (secondary N) is 1. The van der Waals surface area contributed by atoms with Gasteiger partial charge in [-0.15, -0.1) is 0 Å². The molecule has 0 aliphatic heterocycles. The van der Waals surface area contributed by atoms with Gasteiger partial charge >= 0.3 is 0 Å². The zero-order valence-electron chi connectivity index (χ0n) is 13.3. The summed E-state index contributed by atoms with van der Waals surface area (Å²) in [5.74, 6) is 0. The highest BCUT2D eigenvalue weighted by Crippen LogP contribution is 2.18. The van der Waals surface area contributed by atoms with E-state index in [2.05, 4.69) is 5.32 Å². The second kappa shape index (κ2) is 8.51. The van der Waals surface area contributed by atoms with E-state index in [1.54, 1.807) is 7.11 Å². The molecule has 4 heteroatoms. The van der Waals surface area contributed by atoms with Gasteiger partial charge in [0.2, 0.25) is 0 Å². The Morgan fingerprint density at radius 2 is 1.91 bits per heavy atom. The van der Waals surface area contributed by atoms with Crippen molar-refractivity contribution in [2.24, 2.45) is 0 Å². The minimum Gasteiger partial charge on any atom is -0.385 e. The summed E-state index contributed by atoms with van der Waals surface area (Å²) in [7, 11) is 1.68. The van der Waals surface area contributed by atoms with E-state index >= 15 is 0 Å². The van der Waals surface area contributed by atoms with Crippen LogP contribution in [0.15, 0.2) is 47.3 Å². The zero-order valence-corrected chi connectivity index (χ0v) is 13.3.